The number of hydrogen-bond acceptors (Lipinski definition) is 7. The zero-order valence-electron chi connectivity index (χ0n) is 15.0. The van der Waals surface area contributed by atoms with E-state index < -0.39 is 0 Å². The number of aromatic nitrogens is 3. The van der Waals surface area contributed by atoms with Gasteiger partial charge in [-0.15, -0.1) is 0 Å². The average molecular weight is 351 g/mol. The molecule has 134 valence electrons. The molecule has 26 heavy (non-hydrogen) atoms. The first-order valence-corrected chi connectivity index (χ1v) is 8.43. The molecule has 0 aliphatic heterocycles. The van der Waals surface area contributed by atoms with Crippen molar-refractivity contribution in [2.75, 3.05) is 17.7 Å². The summed E-state index contributed by atoms with van der Waals surface area (Å²) >= 11 is 0. The topological polar surface area (TPSA) is 101 Å². The number of phenolic OH excluding ortho intramolecular Hbond substituents is 1. The Morgan fingerprint density at radius 2 is 2.08 bits per heavy atom. The molecule has 3 aromatic rings. The lowest BCUT2D eigenvalue weighted by atomic mass is 9.71. The van der Waals surface area contributed by atoms with Gasteiger partial charge in [0.25, 0.3) is 0 Å². The number of oxazole rings is 1. The summed E-state index contributed by atoms with van der Waals surface area (Å²) in [6.07, 6.45) is 5.23. The molecule has 0 saturated heterocycles. The lowest BCUT2D eigenvalue weighted by Gasteiger charge is -2.36. The van der Waals surface area contributed by atoms with Gasteiger partial charge in [-0.1, -0.05) is 13.8 Å². The highest BCUT2D eigenvalue weighted by atomic mass is 16.3. The van der Waals surface area contributed by atoms with Crippen molar-refractivity contribution in [1.82, 2.24) is 15.0 Å². The van der Waals surface area contributed by atoms with Crippen LogP contribution in [0.5, 0.6) is 5.75 Å². The molecule has 2 aromatic heterocycles. The summed E-state index contributed by atoms with van der Waals surface area (Å²) in [5.74, 6) is 0.743. The molecule has 0 radical (unpaired) electrons. The summed E-state index contributed by atoms with van der Waals surface area (Å²) in [6, 6.07) is 3.60. The van der Waals surface area contributed by atoms with Crippen molar-refractivity contribution in [2.24, 2.45) is 0 Å². The van der Waals surface area contributed by atoms with E-state index in [1.54, 1.807) is 12.3 Å². The number of nitrogen functional groups attached to an aromatic ring is 1. The predicted molar refractivity (Wildman–Crippen MR) is 98.9 cm³/mol. The monoisotopic (exact) mass is 351 g/mol. The number of anilines is 2. The van der Waals surface area contributed by atoms with Gasteiger partial charge in [0.15, 0.2) is 6.39 Å². The van der Waals surface area contributed by atoms with Crippen molar-refractivity contribution in [1.29, 1.82) is 0 Å². The van der Waals surface area contributed by atoms with Crippen LogP contribution in [-0.2, 0) is 18.4 Å². The number of fused-ring (bicyclic) bond motifs is 3. The fourth-order valence-electron chi connectivity index (χ4n) is 3.89. The molecule has 0 amide bonds. The highest BCUT2D eigenvalue weighted by molar-refractivity contribution is 5.82. The van der Waals surface area contributed by atoms with Crippen LogP contribution in [0, 0.1) is 0 Å². The largest absolute Gasteiger partial charge is 0.506 e. The molecule has 0 saturated carbocycles. The Hall–Kier alpha value is -3.09. The van der Waals surface area contributed by atoms with Crippen LogP contribution in [0.25, 0.3) is 11.3 Å². The van der Waals surface area contributed by atoms with E-state index in [1.165, 1.54) is 12.7 Å². The van der Waals surface area contributed by atoms with Gasteiger partial charge in [-0.25, -0.2) is 15.0 Å². The van der Waals surface area contributed by atoms with E-state index in [2.05, 4.69) is 28.8 Å². The Bertz CT molecular complexity index is 966. The minimum Gasteiger partial charge on any atom is -0.506 e. The van der Waals surface area contributed by atoms with E-state index in [0.29, 0.717) is 12.4 Å². The molecule has 0 spiro atoms. The molecule has 0 atom stereocenters. The first kappa shape index (κ1) is 16.4. The number of aromatic hydroxyl groups is 1. The SMILES string of the molecule is CN(Cc1cocn1)c1c(O)ccc2c1CC(C)(C)c1c(N)ncnc1-2. The van der Waals surface area contributed by atoms with Gasteiger partial charge in [-0.2, -0.15) is 0 Å². The molecule has 0 bridgehead atoms. The van der Waals surface area contributed by atoms with Gasteiger partial charge < -0.3 is 20.2 Å². The lowest BCUT2D eigenvalue weighted by Crippen LogP contribution is -2.30. The van der Waals surface area contributed by atoms with Gasteiger partial charge in [-0.05, 0) is 29.5 Å². The van der Waals surface area contributed by atoms with Gasteiger partial charge in [0.2, 0.25) is 0 Å². The van der Waals surface area contributed by atoms with Crippen LogP contribution < -0.4 is 10.6 Å². The summed E-state index contributed by atoms with van der Waals surface area (Å²) in [6.45, 7) is 4.78. The first-order chi connectivity index (χ1) is 12.4. The zero-order valence-corrected chi connectivity index (χ0v) is 15.0. The third kappa shape index (κ3) is 2.47. The van der Waals surface area contributed by atoms with Gasteiger partial charge in [0.05, 0.1) is 23.6 Å². The highest BCUT2D eigenvalue weighted by Crippen LogP contribution is 2.49. The Balaban J connectivity index is 1.89. The Kier molecular flexibility index (Phi) is 3.61. The van der Waals surface area contributed by atoms with Crippen molar-refractivity contribution in [3.63, 3.8) is 0 Å². The van der Waals surface area contributed by atoms with E-state index in [0.717, 1.165) is 40.2 Å². The molecule has 2 heterocycles. The van der Waals surface area contributed by atoms with E-state index >= 15 is 0 Å². The molecular weight excluding hydrogens is 330 g/mol. The van der Waals surface area contributed by atoms with Crippen molar-refractivity contribution >= 4 is 11.5 Å². The van der Waals surface area contributed by atoms with Gasteiger partial charge in [0, 0.05) is 18.2 Å². The third-order valence-electron chi connectivity index (χ3n) is 4.95. The zero-order chi connectivity index (χ0) is 18.5. The smallest absolute Gasteiger partial charge is 0.180 e. The maximum absolute atomic E-state index is 10.6. The number of rotatable bonds is 3. The molecule has 3 N–H and O–H groups in total. The molecule has 4 rings (SSSR count). The minimum atomic E-state index is -0.245. The van der Waals surface area contributed by atoms with Crippen LogP contribution in [0.1, 0.15) is 30.7 Å². The summed E-state index contributed by atoms with van der Waals surface area (Å²) in [5.41, 5.74) is 11.3. The molecule has 1 aliphatic rings. The van der Waals surface area contributed by atoms with E-state index in [4.69, 9.17) is 10.2 Å². The van der Waals surface area contributed by atoms with E-state index in [-0.39, 0.29) is 11.2 Å². The fourth-order valence-corrected chi connectivity index (χ4v) is 3.89. The number of hydrogen-bond donors (Lipinski definition) is 2. The number of phenols is 1. The fraction of sp³-hybridized carbons (Fsp3) is 0.316. The van der Waals surface area contributed by atoms with Gasteiger partial charge in [-0.3, -0.25) is 0 Å². The van der Waals surface area contributed by atoms with E-state index in [1.807, 2.05) is 18.0 Å². The second-order valence-corrected chi connectivity index (χ2v) is 7.34. The van der Waals surface area contributed by atoms with Crippen LogP contribution in [0.2, 0.25) is 0 Å². The normalized spacial score (nSPS) is 14.6. The summed E-state index contributed by atoms with van der Waals surface area (Å²) < 4.78 is 5.06. The maximum Gasteiger partial charge on any atom is 0.180 e. The summed E-state index contributed by atoms with van der Waals surface area (Å²) in [5, 5.41) is 10.6. The number of nitrogens with zero attached hydrogens (tertiary/aromatic N) is 4. The van der Waals surface area contributed by atoms with Gasteiger partial charge in [0.1, 0.15) is 24.2 Å². The minimum absolute atomic E-state index is 0.232. The summed E-state index contributed by atoms with van der Waals surface area (Å²) in [7, 11) is 1.93. The van der Waals surface area contributed by atoms with E-state index in [9.17, 15) is 5.11 Å². The van der Waals surface area contributed by atoms with Crippen molar-refractivity contribution in [2.45, 2.75) is 32.2 Å². The molecule has 0 unspecified atom stereocenters. The lowest BCUT2D eigenvalue weighted by molar-refractivity contribution is 0.469. The molecule has 7 heteroatoms. The van der Waals surface area contributed by atoms with Crippen molar-refractivity contribution in [3.05, 3.63) is 47.9 Å². The van der Waals surface area contributed by atoms with Gasteiger partial charge >= 0.3 is 0 Å². The molecule has 7 nitrogen and oxygen atoms in total. The van der Waals surface area contributed by atoms with Crippen LogP contribution in [0.3, 0.4) is 0 Å². The second kappa shape index (κ2) is 5.72. The van der Waals surface area contributed by atoms with Crippen LogP contribution in [-0.4, -0.2) is 27.1 Å². The van der Waals surface area contributed by atoms with Crippen LogP contribution >= 0.6 is 0 Å². The Labute approximate surface area is 151 Å². The molecule has 0 fully saturated rings. The number of nitrogens with two attached hydrogens (primary N) is 1. The Morgan fingerprint density at radius 3 is 2.81 bits per heavy atom. The highest BCUT2D eigenvalue weighted by Gasteiger charge is 2.36. The number of benzene rings is 1. The van der Waals surface area contributed by atoms with Crippen LogP contribution in [0.15, 0.2) is 35.5 Å². The standard InChI is InChI=1S/C19H21N5O2/c1-19(2)6-13-12(16-15(19)18(20)22-9-21-16)4-5-14(25)17(13)24(3)7-11-8-26-10-23-11/h4-5,8-10,25H,6-7H2,1-3H3,(H2,20,21,22). The molecule has 1 aromatic carbocycles. The Morgan fingerprint density at radius 1 is 1.27 bits per heavy atom. The van der Waals surface area contributed by atoms with Crippen LogP contribution in [0.4, 0.5) is 11.5 Å². The molecule has 1 aliphatic carbocycles. The second-order valence-electron chi connectivity index (χ2n) is 7.34. The van der Waals surface area contributed by atoms with Crippen molar-refractivity contribution in [3.8, 4) is 17.0 Å². The molecular formula is C19H21N5O2. The maximum atomic E-state index is 10.6. The third-order valence-corrected chi connectivity index (χ3v) is 4.95. The predicted octanol–water partition coefficient (Wildman–Crippen LogP) is 2.89. The van der Waals surface area contributed by atoms with Crippen molar-refractivity contribution < 1.29 is 9.52 Å². The first-order valence-electron chi connectivity index (χ1n) is 8.43. The summed E-state index contributed by atoms with van der Waals surface area (Å²) in [4.78, 5) is 14.8. The quantitative estimate of drug-likeness (QED) is 0.748. The average Bonchev–Trinajstić information content (AvgIpc) is 3.06.